The fourth-order valence-corrected chi connectivity index (χ4v) is 4.00. The summed E-state index contributed by atoms with van der Waals surface area (Å²) in [6.45, 7) is 0. The summed E-state index contributed by atoms with van der Waals surface area (Å²) in [4.78, 5) is 12.4. The van der Waals surface area contributed by atoms with Crippen LogP contribution in [0.3, 0.4) is 0 Å². The lowest BCUT2D eigenvalue weighted by molar-refractivity contribution is 0.0938. The minimum absolute atomic E-state index is 0.164. The number of rotatable bonds is 6. The van der Waals surface area contributed by atoms with Gasteiger partial charge in [0.25, 0.3) is 15.9 Å². The Hall–Kier alpha value is -2.32. The van der Waals surface area contributed by atoms with E-state index in [1.807, 2.05) is 0 Å². The molecule has 0 spiro atoms. The van der Waals surface area contributed by atoms with Crippen molar-refractivity contribution in [3.05, 3.63) is 70.3 Å². The topological polar surface area (TPSA) is 87.3 Å². The smallest absolute Gasteiger partial charge is 0.269 e. The second-order valence-electron chi connectivity index (χ2n) is 6.19. The van der Waals surface area contributed by atoms with Crippen LogP contribution in [0.15, 0.2) is 69.7 Å². The van der Waals surface area contributed by atoms with E-state index < -0.39 is 10.0 Å². The lowest BCUT2D eigenvalue weighted by Crippen LogP contribution is -2.37. The fraction of sp³-hybridized carbons (Fsp3) is 0.211. The maximum absolute atomic E-state index is 12.4. The zero-order chi connectivity index (χ0) is 19.3. The average molecular weight is 450 g/mol. The molecular formula is C19H20BrN3O3S. The van der Waals surface area contributed by atoms with Gasteiger partial charge in [-0.1, -0.05) is 22.0 Å². The van der Waals surface area contributed by atoms with Crippen LogP contribution in [-0.2, 0) is 10.0 Å². The van der Waals surface area contributed by atoms with Gasteiger partial charge in [0.1, 0.15) is 0 Å². The molecule has 0 aliphatic heterocycles. The molecule has 142 valence electrons. The van der Waals surface area contributed by atoms with Gasteiger partial charge in [-0.05, 0) is 74.2 Å². The molecule has 0 fully saturated rings. The van der Waals surface area contributed by atoms with Crippen molar-refractivity contribution in [2.24, 2.45) is 0 Å². The van der Waals surface area contributed by atoms with Crippen molar-refractivity contribution in [3.8, 4) is 0 Å². The molecule has 0 bridgehead atoms. The molecule has 3 rings (SSSR count). The molecule has 0 aromatic heterocycles. The molecule has 1 amide bonds. The Kier molecular flexibility index (Phi) is 6.18. The van der Waals surface area contributed by atoms with E-state index in [9.17, 15) is 13.2 Å². The van der Waals surface area contributed by atoms with E-state index in [1.54, 1.807) is 36.4 Å². The molecule has 0 radical (unpaired) electrons. The van der Waals surface area contributed by atoms with Gasteiger partial charge >= 0.3 is 0 Å². The zero-order valence-corrected chi connectivity index (χ0v) is 16.9. The average Bonchev–Trinajstić information content (AvgIpc) is 2.67. The highest BCUT2D eigenvalue weighted by Crippen LogP contribution is 2.19. The molecule has 27 heavy (non-hydrogen) atoms. The van der Waals surface area contributed by atoms with Gasteiger partial charge < -0.3 is 5.43 Å². The van der Waals surface area contributed by atoms with Crippen molar-refractivity contribution >= 4 is 37.5 Å². The van der Waals surface area contributed by atoms with Crippen LogP contribution in [0, 0.1) is 0 Å². The SMILES string of the molecule is O=C(NNC1=CCCCC1)c1ccc(NS(=O)(=O)c2ccc(Br)cc2)cc1. The molecular weight excluding hydrogens is 430 g/mol. The van der Waals surface area contributed by atoms with Crippen molar-refractivity contribution in [3.63, 3.8) is 0 Å². The Morgan fingerprint density at radius 2 is 1.67 bits per heavy atom. The van der Waals surface area contributed by atoms with Crippen molar-refractivity contribution in [2.75, 3.05) is 4.72 Å². The summed E-state index contributed by atoms with van der Waals surface area (Å²) < 4.78 is 28.1. The Balaban J connectivity index is 1.61. The number of hydrazine groups is 1. The van der Waals surface area contributed by atoms with Crippen LogP contribution in [-0.4, -0.2) is 14.3 Å². The van der Waals surface area contributed by atoms with Crippen molar-refractivity contribution < 1.29 is 13.2 Å². The van der Waals surface area contributed by atoms with Crippen LogP contribution in [0.25, 0.3) is 0 Å². The molecule has 0 heterocycles. The van der Waals surface area contributed by atoms with Gasteiger partial charge in [-0.15, -0.1) is 0 Å². The Labute approximate surface area is 167 Å². The summed E-state index contributed by atoms with van der Waals surface area (Å²) in [5, 5.41) is 0. The van der Waals surface area contributed by atoms with Gasteiger partial charge in [-0.2, -0.15) is 0 Å². The number of nitrogens with one attached hydrogen (secondary N) is 3. The van der Waals surface area contributed by atoms with E-state index in [1.165, 1.54) is 18.6 Å². The van der Waals surface area contributed by atoms with E-state index in [0.717, 1.165) is 29.4 Å². The molecule has 3 N–H and O–H groups in total. The van der Waals surface area contributed by atoms with Crippen LogP contribution in [0.5, 0.6) is 0 Å². The van der Waals surface area contributed by atoms with E-state index in [-0.39, 0.29) is 10.8 Å². The molecule has 1 aliphatic carbocycles. The van der Waals surface area contributed by atoms with Crippen LogP contribution in [0.1, 0.15) is 36.0 Å². The van der Waals surface area contributed by atoms with Gasteiger partial charge in [0.15, 0.2) is 0 Å². The third kappa shape index (κ3) is 5.33. The van der Waals surface area contributed by atoms with Crippen LogP contribution in [0.4, 0.5) is 5.69 Å². The molecule has 2 aromatic carbocycles. The second kappa shape index (κ2) is 8.58. The van der Waals surface area contributed by atoms with Crippen LogP contribution in [0.2, 0.25) is 0 Å². The Morgan fingerprint density at radius 1 is 0.963 bits per heavy atom. The number of carbonyl (C=O) groups excluding carboxylic acids is 1. The third-order valence-electron chi connectivity index (χ3n) is 4.15. The molecule has 6 nitrogen and oxygen atoms in total. The standard InChI is InChI=1S/C19H20BrN3O3S/c20-15-8-12-18(13-9-15)27(25,26)23-17-10-6-14(7-11-17)19(24)22-21-16-4-2-1-3-5-16/h4,6-13,21,23H,1-3,5H2,(H,22,24). The maximum Gasteiger partial charge on any atom is 0.269 e. The molecule has 0 unspecified atom stereocenters. The summed E-state index contributed by atoms with van der Waals surface area (Å²) >= 11 is 3.28. The fourth-order valence-electron chi connectivity index (χ4n) is 2.68. The van der Waals surface area contributed by atoms with Crippen LogP contribution < -0.4 is 15.6 Å². The zero-order valence-electron chi connectivity index (χ0n) is 14.5. The van der Waals surface area contributed by atoms with Gasteiger partial charge in [-0.25, -0.2) is 8.42 Å². The largest absolute Gasteiger partial charge is 0.303 e. The monoisotopic (exact) mass is 449 g/mol. The Morgan fingerprint density at radius 3 is 2.30 bits per heavy atom. The predicted octanol–water partition coefficient (Wildman–Crippen LogP) is 3.94. The first kappa shape index (κ1) is 19.4. The highest BCUT2D eigenvalue weighted by atomic mass is 79.9. The number of amides is 1. The maximum atomic E-state index is 12.4. The highest BCUT2D eigenvalue weighted by molar-refractivity contribution is 9.10. The number of carbonyl (C=O) groups is 1. The normalized spacial score (nSPS) is 14.2. The number of benzene rings is 2. The summed E-state index contributed by atoms with van der Waals surface area (Å²) in [6, 6.07) is 12.6. The van der Waals surface area contributed by atoms with Crippen molar-refractivity contribution in [1.29, 1.82) is 0 Å². The first-order valence-electron chi connectivity index (χ1n) is 8.58. The van der Waals surface area contributed by atoms with Gasteiger partial charge in [0, 0.05) is 21.4 Å². The van der Waals surface area contributed by atoms with E-state index >= 15 is 0 Å². The number of anilines is 1. The third-order valence-corrected chi connectivity index (χ3v) is 6.08. The van der Waals surface area contributed by atoms with Crippen molar-refractivity contribution in [1.82, 2.24) is 10.9 Å². The van der Waals surface area contributed by atoms with E-state index in [0.29, 0.717) is 11.3 Å². The molecule has 2 aromatic rings. The molecule has 0 atom stereocenters. The van der Waals surface area contributed by atoms with Gasteiger partial charge in [-0.3, -0.25) is 14.9 Å². The highest BCUT2D eigenvalue weighted by Gasteiger charge is 2.14. The number of allylic oxidation sites excluding steroid dienone is 2. The summed E-state index contributed by atoms with van der Waals surface area (Å²) in [5.41, 5.74) is 7.46. The lowest BCUT2D eigenvalue weighted by atomic mass is 10.1. The Bertz CT molecular complexity index is 939. The number of hydrogen-bond donors (Lipinski definition) is 3. The van der Waals surface area contributed by atoms with Gasteiger partial charge in [0.2, 0.25) is 0 Å². The molecule has 8 heteroatoms. The molecule has 0 saturated carbocycles. The molecule has 1 aliphatic rings. The minimum Gasteiger partial charge on any atom is -0.303 e. The number of halogens is 1. The first-order chi connectivity index (χ1) is 12.9. The lowest BCUT2D eigenvalue weighted by Gasteiger charge is -2.15. The van der Waals surface area contributed by atoms with Crippen molar-refractivity contribution in [2.45, 2.75) is 30.6 Å². The minimum atomic E-state index is -3.68. The number of sulfonamides is 1. The predicted molar refractivity (Wildman–Crippen MR) is 109 cm³/mol. The quantitative estimate of drug-likeness (QED) is 0.582. The van der Waals surface area contributed by atoms with E-state index in [4.69, 9.17) is 0 Å². The first-order valence-corrected chi connectivity index (χ1v) is 10.9. The summed E-state index contributed by atoms with van der Waals surface area (Å²) in [5.74, 6) is -0.274. The second-order valence-corrected chi connectivity index (χ2v) is 8.79. The summed E-state index contributed by atoms with van der Waals surface area (Å²) in [6.07, 6.45) is 6.32. The summed E-state index contributed by atoms with van der Waals surface area (Å²) in [7, 11) is -3.68. The van der Waals surface area contributed by atoms with Crippen LogP contribution >= 0.6 is 15.9 Å². The number of hydrogen-bond acceptors (Lipinski definition) is 4. The van der Waals surface area contributed by atoms with Gasteiger partial charge in [0.05, 0.1) is 4.90 Å². The van der Waals surface area contributed by atoms with E-state index in [2.05, 4.69) is 37.6 Å². The molecule has 0 saturated heterocycles.